The fourth-order valence-corrected chi connectivity index (χ4v) is 3.10. The van der Waals surface area contributed by atoms with E-state index < -0.39 is 0 Å². The van der Waals surface area contributed by atoms with E-state index in [2.05, 4.69) is 5.10 Å². The zero-order valence-electron chi connectivity index (χ0n) is 12.8. The minimum Gasteiger partial charge on any atom is -0.466 e. The molecule has 1 unspecified atom stereocenters. The average Bonchev–Trinajstić information content (AvgIpc) is 3.04. The highest BCUT2D eigenvalue weighted by molar-refractivity contribution is 5.95. The summed E-state index contributed by atoms with van der Waals surface area (Å²) in [7, 11) is 1.92. The van der Waals surface area contributed by atoms with Crippen LogP contribution in [0.25, 0.3) is 0 Å². The number of likely N-dealkylation sites (tertiary alicyclic amines) is 1. The molecule has 1 aliphatic rings. The van der Waals surface area contributed by atoms with Crippen LogP contribution in [0.3, 0.4) is 0 Å². The van der Waals surface area contributed by atoms with Crippen LogP contribution in [0.2, 0.25) is 0 Å². The molecule has 3 rings (SSSR count). The first-order valence-corrected chi connectivity index (χ1v) is 7.39. The van der Waals surface area contributed by atoms with Gasteiger partial charge in [-0.05, 0) is 38.3 Å². The summed E-state index contributed by atoms with van der Waals surface area (Å²) in [5.41, 5.74) is 1.91. The van der Waals surface area contributed by atoms with Gasteiger partial charge in [0.2, 0.25) is 0 Å². The molecule has 0 saturated carbocycles. The fourth-order valence-electron chi connectivity index (χ4n) is 3.10. The van der Waals surface area contributed by atoms with Gasteiger partial charge in [0, 0.05) is 32.3 Å². The molecule has 0 bridgehead atoms. The van der Waals surface area contributed by atoms with Crippen LogP contribution in [-0.2, 0) is 7.05 Å². The van der Waals surface area contributed by atoms with Gasteiger partial charge < -0.3 is 9.32 Å². The second-order valence-electron chi connectivity index (χ2n) is 5.86. The van der Waals surface area contributed by atoms with Crippen LogP contribution in [0.1, 0.15) is 46.2 Å². The van der Waals surface area contributed by atoms with Gasteiger partial charge >= 0.3 is 0 Å². The van der Waals surface area contributed by atoms with E-state index in [0.29, 0.717) is 17.2 Å². The Bertz CT molecular complexity index is 656. The van der Waals surface area contributed by atoms with Gasteiger partial charge in [0.25, 0.3) is 5.91 Å². The predicted molar refractivity (Wildman–Crippen MR) is 79.3 cm³/mol. The van der Waals surface area contributed by atoms with Crippen LogP contribution in [0.5, 0.6) is 0 Å². The highest BCUT2D eigenvalue weighted by Gasteiger charge is 2.27. The maximum Gasteiger partial charge on any atom is 0.257 e. The first-order chi connectivity index (χ1) is 10.0. The number of furan rings is 1. The molecule has 0 aromatic carbocycles. The van der Waals surface area contributed by atoms with Crippen LogP contribution in [-0.4, -0.2) is 33.7 Å². The molecule has 1 saturated heterocycles. The van der Waals surface area contributed by atoms with Crippen molar-refractivity contribution in [1.29, 1.82) is 0 Å². The second kappa shape index (κ2) is 5.39. The van der Waals surface area contributed by atoms with Crippen molar-refractivity contribution in [2.75, 3.05) is 13.1 Å². The maximum absolute atomic E-state index is 12.7. The lowest BCUT2D eigenvalue weighted by molar-refractivity contribution is 0.0705. The van der Waals surface area contributed by atoms with Crippen molar-refractivity contribution >= 4 is 5.91 Å². The molecule has 0 spiro atoms. The Hall–Kier alpha value is -2.04. The van der Waals surface area contributed by atoms with E-state index in [1.807, 2.05) is 48.9 Å². The number of rotatable bonds is 2. The fraction of sp³-hybridized carbons (Fsp3) is 0.500. The van der Waals surface area contributed by atoms with E-state index in [1.54, 1.807) is 0 Å². The van der Waals surface area contributed by atoms with E-state index in [-0.39, 0.29) is 5.91 Å². The SMILES string of the molecule is Cc1cc(C(=O)N2CCCC(c3cnn(C)c3)C2)c(C)o1. The molecule has 1 aliphatic heterocycles. The third-order valence-corrected chi connectivity index (χ3v) is 4.18. The summed E-state index contributed by atoms with van der Waals surface area (Å²) in [5, 5.41) is 4.24. The van der Waals surface area contributed by atoms with Crippen LogP contribution >= 0.6 is 0 Å². The molecule has 5 nitrogen and oxygen atoms in total. The monoisotopic (exact) mass is 287 g/mol. The Morgan fingerprint density at radius 1 is 1.43 bits per heavy atom. The molecule has 1 fully saturated rings. The predicted octanol–water partition coefficient (Wildman–Crippen LogP) is 2.65. The summed E-state index contributed by atoms with van der Waals surface area (Å²) in [6.07, 6.45) is 6.10. The minimum absolute atomic E-state index is 0.0814. The number of carbonyl (C=O) groups is 1. The molecule has 3 heterocycles. The third kappa shape index (κ3) is 2.73. The minimum atomic E-state index is 0.0814. The molecular weight excluding hydrogens is 266 g/mol. The summed E-state index contributed by atoms with van der Waals surface area (Å²) in [4.78, 5) is 14.6. The number of nitrogens with zero attached hydrogens (tertiary/aromatic N) is 3. The number of aromatic nitrogens is 2. The van der Waals surface area contributed by atoms with Crippen LogP contribution in [0.15, 0.2) is 22.9 Å². The molecule has 0 radical (unpaired) electrons. The van der Waals surface area contributed by atoms with E-state index in [9.17, 15) is 4.79 Å². The van der Waals surface area contributed by atoms with Crippen LogP contribution in [0, 0.1) is 13.8 Å². The number of aryl methyl sites for hydroxylation is 3. The third-order valence-electron chi connectivity index (χ3n) is 4.18. The van der Waals surface area contributed by atoms with Crippen molar-refractivity contribution in [2.45, 2.75) is 32.6 Å². The Labute approximate surface area is 124 Å². The number of piperidine rings is 1. The molecule has 1 amide bonds. The zero-order valence-corrected chi connectivity index (χ0v) is 12.8. The average molecular weight is 287 g/mol. The lowest BCUT2D eigenvalue weighted by Gasteiger charge is -2.32. The Balaban J connectivity index is 1.77. The molecule has 0 aliphatic carbocycles. The second-order valence-corrected chi connectivity index (χ2v) is 5.86. The largest absolute Gasteiger partial charge is 0.466 e. The van der Waals surface area contributed by atoms with E-state index in [1.165, 1.54) is 5.56 Å². The van der Waals surface area contributed by atoms with Gasteiger partial charge in [-0.3, -0.25) is 9.48 Å². The van der Waals surface area contributed by atoms with Crippen LogP contribution in [0.4, 0.5) is 0 Å². The maximum atomic E-state index is 12.7. The summed E-state index contributed by atoms with van der Waals surface area (Å²) in [6.45, 7) is 5.30. The van der Waals surface area contributed by atoms with E-state index >= 15 is 0 Å². The summed E-state index contributed by atoms with van der Waals surface area (Å²) in [5.74, 6) is 1.96. The Morgan fingerprint density at radius 2 is 2.24 bits per heavy atom. The lowest BCUT2D eigenvalue weighted by atomic mass is 9.92. The lowest BCUT2D eigenvalue weighted by Crippen LogP contribution is -2.39. The van der Waals surface area contributed by atoms with E-state index in [4.69, 9.17) is 4.42 Å². The summed E-state index contributed by atoms with van der Waals surface area (Å²) < 4.78 is 7.30. The first kappa shape index (κ1) is 13.9. The molecule has 112 valence electrons. The van der Waals surface area contributed by atoms with Gasteiger partial charge in [0.05, 0.1) is 11.8 Å². The van der Waals surface area contributed by atoms with Crippen molar-refractivity contribution < 1.29 is 9.21 Å². The smallest absolute Gasteiger partial charge is 0.257 e. The molecule has 21 heavy (non-hydrogen) atoms. The topological polar surface area (TPSA) is 51.3 Å². The quantitative estimate of drug-likeness (QED) is 0.853. The van der Waals surface area contributed by atoms with Crippen molar-refractivity contribution in [3.63, 3.8) is 0 Å². The Morgan fingerprint density at radius 3 is 2.86 bits per heavy atom. The molecule has 2 aromatic rings. The highest BCUT2D eigenvalue weighted by atomic mass is 16.3. The Kier molecular flexibility index (Phi) is 3.57. The molecule has 5 heteroatoms. The van der Waals surface area contributed by atoms with Gasteiger partial charge in [-0.25, -0.2) is 0 Å². The molecule has 1 atom stereocenters. The zero-order chi connectivity index (χ0) is 15.0. The number of hydrogen-bond acceptors (Lipinski definition) is 3. The van der Waals surface area contributed by atoms with Gasteiger partial charge in [0.1, 0.15) is 11.5 Å². The van der Waals surface area contributed by atoms with Crippen molar-refractivity contribution in [1.82, 2.24) is 14.7 Å². The first-order valence-electron chi connectivity index (χ1n) is 7.39. The molecule has 2 aromatic heterocycles. The van der Waals surface area contributed by atoms with Gasteiger partial charge in [-0.15, -0.1) is 0 Å². The molecule has 0 N–H and O–H groups in total. The normalized spacial score (nSPS) is 19.0. The van der Waals surface area contributed by atoms with Gasteiger partial charge in [-0.2, -0.15) is 5.10 Å². The van der Waals surface area contributed by atoms with Crippen molar-refractivity contribution in [3.05, 3.63) is 41.1 Å². The van der Waals surface area contributed by atoms with Crippen molar-refractivity contribution in [3.8, 4) is 0 Å². The number of amides is 1. The standard InChI is InChI=1S/C16H21N3O2/c1-11-7-15(12(2)21-11)16(20)19-6-4-5-13(10-19)14-8-17-18(3)9-14/h7-9,13H,4-6,10H2,1-3H3. The number of carbonyl (C=O) groups excluding carboxylic acids is 1. The van der Waals surface area contributed by atoms with E-state index in [0.717, 1.165) is 31.7 Å². The highest BCUT2D eigenvalue weighted by Crippen LogP contribution is 2.28. The van der Waals surface area contributed by atoms with Crippen molar-refractivity contribution in [2.24, 2.45) is 7.05 Å². The van der Waals surface area contributed by atoms with Gasteiger partial charge in [0.15, 0.2) is 0 Å². The number of hydrogen-bond donors (Lipinski definition) is 0. The van der Waals surface area contributed by atoms with Gasteiger partial charge in [-0.1, -0.05) is 0 Å². The molecular formula is C16H21N3O2. The summed E-state index contributed by atoms with van der Waals surface area (Å²) >= 11 is 0. The summed E-state index contributed by atoms with van der Waals surface area (Å²) in [6, 6.07) is 1.84. The van der Waals surface area contributed by atoms with Crippen LogP contribution < -0.4 is 0 Å².